The smallest absolute Gasteiger partial charge is 0.346 e. The summed E-state index contributed by atoms with van der Waals surface area (Å²) in [5.41, 5.74) is 0. The first-order chi connectivity index (χ1) is 7.38. The van der Waals surface area contributed by atoms with Gasteiger partial charge in [-0.15, -0.1) is 0 Å². The molecule has 1 rings (SSSR count). The Balaban J connectivity index is 2.08. The van der Waals surface area contributed by atoms with Crippen LogP contribution in [0.25, 0.3) is 0 Å². The number of carbonyl (C=O) groups is 1. The van der Waals surface area contributed by atoms with E-state index < -0.39 is 24.7 Å². The van der Waals surface area contributed by atoms with Gasteiger partial charge in [-0.05, 0) is 25.8 Å². The molecule has 0 radical (unpaired) electrons. The zero-order valence-corrected chi connectivity index (χ0v) is 9.23. The summed E-state index contributed by atoms with van der Waals surface area (Å²) in [6, 6.07) is -0.568. The SMILES string of the molecule is CC(NCCC1CC1)C(=O)NCC(F)(F)F. The van der Waals surface area contributed by atoms with Crippen LogP contribution in [0.4, 0.5) is 13.2 Å². The second-order valence-corrected chi connectivity index (χ2v) is 4.24. The molecule has 0 bridgehead atoms. The van der Waals surface area contributed by atoms with Crippen LogP contribution in [-0.4, -0.2) is 31.2 Å². The average molecular weight is 238 g/mol. The predicted molar refractivity (Wildman–Crippen MR) is 53.9 cm³/mol. The summed E-state index contributed by atoms with van der Waals surface area (Å²) in [5, 5.41) is 4.76. The van der Waals surface area contributed by atoms with Crippen molar-refractivity contribution in [2.24, 2.45) is 5.92 Å². The van der Waals surface area contributed by atoms with Gasteiger partial charge in [-0.2, -0.15) is 13.2 Å². The quantitative estimate of drug-likeness (QED) is 0.735. The van der Waals surface area contributed by atoms with Crippen molar-refractivity contribution in [1.29, 1.82) is 0 Å². The van der Waals surface area contributed by atoms with Gasteiger partial charge in [0, 0.05) is 0 Å². The van der Waals surface area contributed by atoms with E-state index in [1.165, 1.54) is 12.8 Å². The molecular weight excluding hydrogens is 221 g/mol. The highest BCUT2D eigenvalue weighted by atomic mass is 19.4. The van der Waals surface area contributed by atoms with Crippen LogP contribution in [0.2, 0.25) is 0 Å². The van der Waals surface area contributed by atoms with Crippen molar-refractivity contribution in [2.45, 2.75) is 38.4 Å². The van der Waals surface area contributed by atoms with Gasteiger partial charge in [-0.25, -0.2) is 0 Å². The Labute approximate surface area is 92.8 Å². The molecule has 0 heterocycles. The summed E-state index contributed by atoms with van der Waals surface area (Å²) in [6.07, 6.45) is -0.882. The number of nitrogens with one attached hydrogen (secondary N) is 2. The molecule has 1 saturated carbocycles. The third-order valence-corrected chi connectivity index (χ3v) is 2.56. The standard InChI is InChI=1S/C10H17F3N2O/c1-7(14-5-4-8-2-3-8)9(16)15-6-10(11,12)13/h7-8,14H,2-6H2,1H3,(H,15,16). The zero-order valence-electron chi connectivity index (χ0n) is 9.23. The number of hydrogen-bond donors (Lipinski definition) is 2. The van der Waals surface area contributed by atoms with E-state index in [-0.39, 0.29) is 0 Å². The van der Waals surface area contributed by atoms with Gasteiger partial charge >= 0.3 is 6.18 Å². The predicted octanol–water partition coefficient (Wildman–Crippen LogP) is 1.44. The lowest BCUT2D eigenvalue weighted by molar-refractivity contribution is -0.139. The number of hydrogen-bond acceptors (Lipinski definition) is 2. The second-order valence-electron chi connectivity index (χ2n) is 4.24. The van der Waals surface area contributed by atoms with Crippen LogP contribution >= 0.6 is 0 Å². The summed E-state index contributed by atoms with van der Waals surface area (Å²) in [5.74, 6) is 0.144. The maximum atomic E-state index is 11.8. The van der Waals surface area contributed by atoms with Gasteiger partial charge in [0.25, 0.3) is 0 Å². The van der Waals surface area contributed by atoms with Gasteiger partial charge in [-0.3, -0.25) is 4.79 Å². The molecule has 1 amide bonds. The third kappa shape index (κ3) is 5.95. The summed E-state index contributed by atoms with van der Waals surface area (Å²) >= 11 is 0. The van der Waals surface area contributed by atoms with Crippen molar-refractivity contribution in [3.63, 3.8) is 0 Å². The summed E-state index contributed by atoms with van der Waals surface area (Å²) < 4.78 is 35.4. The number of amides is 1. The highest BCUT2D eigenvalue weighted by molar-refractivity contribution is 5.81. The third-order valence-electron chi connectivity index (χ3n) is 2.56. The number of alkyl halides is 3. The van der Waals surface area contributed by atoms with Crippen molar-refractivity contribution < 1.29 is 18.0 Å². The highest BCUT2D eigenvalue weighted by Gasteiger charge is 2.28. The molecule has 2 N–H and O–H groups in total. The van der Waals surface area contributed by atoms with E-state index in [1.54, 1.807) is 6.92 Å². The van der Waals surface area contributed by atoms with E-state index in [9.17, 15) is 18.0 Å². The fraction of sp³-hybridized carbons (Fsp3) is 0.900. The maximum absolute atomic E-state index is 11.8. The van der Waals surface area contributed by atoms with Crippen LogP contribution in [0.15, 0.2) is 0 Å². The van der Waals surface area contributed by atoms with Crippen LogP contribution in [0.5, 0.6) is 0 Å². The molecule has 0 spiro atoms. The normalized spacial score (nSPS) is 18.2. The molecule has 1 fully saturated rings. The molecule has 1 unspecified atom stereocenters. The Kier molecular flexibility index (Phi) is 4.58. The minimum Gasteiger partial charge on any atom is -0.346 e. The zero-order chi connectivity index (χ0) is 12.2. The summed E-state index contributed by atoms with van der Waals surface area (Å²) in [6.45, 7) is 0.990. The van der Waals surface area contributed by atoms with E-state index in [2.05, 4.69) is 5.32 Å². The molecule has 0 aromatic rings. The second kappa shape index (κ2) is 5.52. The Morgan fingerprint density at radius 1 is 1.44 bits per heavy atom. The minimum absolute atomic E-state index is 0.568. The maximum Gasteiger partial charge on any atom is 0.405 e. The van der Waals surface area contributed by atoms with Crippen molar-refractivity contribution >= 4 is 5.91 Å². The first-order valence-corrected chi connectivity index (χ1v) is 5.46. The average Bonchev–Trinajstić information content (AvgIpc) is 2.96. The van der Waals surface area contributed by atoms with Gasteiger partial charge in [0.2, 0.25) is 5.91 Å². The molecule has 94 valence electrons. The Morgan fingerprint density at radius 2 is 2.06 bits per heavy atom. The van der Waals surface area contributed by atoms with Crippen LogP contribution in [0, 0.1) is 5.92 Å². The topological polar surface area (TPSA) is 41.1 Å². The highest BCUT2D eigenvalue weighted by Crippen LogP contribution is 2.31. The van der Waals surface area contributed by atoms with Crippen molar-refractivity contribution in [3.05, 3.63) is 0 Å². The Morgan fingerprint density at radius 3 is 2.56 bits per heavy atom. The summed E-state index contributed by atoms with van der Waals surface area (Å²) in [4.78, 5) is 11.2. The molecule has 1 aliphatic carbocycles. The number of halogens is 3. The van der Waals surface area contributed by atoms with Crippen LogP contribution < -0.4 is 10.6 Å². The largest absolute Gasteiger partial charge is 0.405 e. The lowest BCUT2D eigenvalue weighted by atomic mass is 10.2. The molecule has 0 aliphatic heterocycles. The van der Waals surface area contributed by atoms with Crippen LogP contribution in [0.1, 0.15) is 26.2 Å². The number of rotatable bonds is 6. The van der Waals surface area contributed by atoms with E-state index in [0.717, 1.165) is 12.3 Å². The summed E-state index contributed by atoms with van der Waals surface area (Å²) in [7, 11) is 0. The fourth-order valence-corrected chi connectivity index (χ4v) is 1.34. The molecule has 0 aromatic heterocycles. The number of carbonyl (C=O) groups excluding carboxylic acids is 1. The fourth-order valence-electron chi connectivity index (χ4n) is 1.34. The monoisotopic (exact) mass is 238 g/mol. The molecule has 1 atom stereocenters. The van der Waals surface area contributed by atoms with E-state index in [0.29, 0.717) is 6.54 Å². The van der Waals surface area contributed by atoms with E-state index >= 15 is 0 Å². The van der Waals surface area contributed by atoms with Gasteiger partial charge < -0.3 is 10.6 Å². The lowest BCUT2D eigenvalue weighted by Gasteiger charge is -2.14. The first-order valence-electron chi connectivity index (χ1n) is 5.46. The van der Waals surface area contributed by atoms with Crippen LogP contribution in [0.3, 0.4) is 0 Å². The lowest BCUT2D eigenvalue weighted by Crippen LogP contribution is -2.45. The van der Waals surface area contributed by atoms with Crippen molar-refractivity contribution in [3.8, 4) is 0 Å². The van der Waals surface area contributed by atoms with E-state index in [1.807, 2.05) is 5.32 Å². The Hall–Kier alpha value is -0.780. The molecular formula is C10H17F3N2O. The molecule has 6 heteroatoms. The molecule has 0 aromatic carbocycles. The molecule has 1 aliphatic rings. The van der Waals surface area contributed by atoms with Gasteiger partial charge in [0.15, 0.2) is 0 Å². The van der Waals surface area contributed by atoms with Crippen LogP contribution in [-0.2, 0) is 4.79 Å². The molecule has 16 heavy (non-hydrogen) atoms. The minimum atomic E-state index is -4.34. The Bertz CT molecular complexity index is 239. The van der Waals surface area contributed by atoms with Crippen molar-refractivity contribution in [2.75, 3.05) is 13.1 Å². The van der Waals surface area contributed by atoms with Gasteiger partial charge in [0.05, 0.1) is 6.04 Å². The van der Waals surface area contributed by atoms with Gasteiger partial charge in [0.1, 0.15) is 6.54 Å². The van der Waals surface area contributed by atoms with Crippen molar-refractivity contribution in [1.82, 2.24) is 10.6 Å². The molecule has 0 saturated heterocycles. The first kappa shape index (κ1) is 13.3. The molecule has 3 nitrogen and oxygen atoms in total. The van der Waals surface area contributed by atoms with E-state index in [4.69, 9.17) is 0 Å². The van der Waals surface area contributed by atoms with Gasteiger partial charge in [-0.1, -0.05) is 12.8 Å².